The van der Waals surface area contributed by atoms with E-state index in [9.17, 15) is 19.1 Å². The quantitative estimate of drug-likeness (QED) is 0.345. The number of carbonyl (C=O) groups excluding carboxylic acids is 2. The molecule has 2 aromatic carbocycles. The largest absolute Gasteiger partial charge is 0.507 e. The summed E-state index contributed by atoms with van der Waals surface area (Å²) in [6, 6.07) is 9.95. The van der Waals surface area contributed by atoms with E-state index in [4.69, 9.17) is 27.7 Å². The van der Waals surface area contributed by atoms with Crippen LogP contribution < -0.4 is 4.90 Å². The maximum Gasteiger partial charge on any atom is 0.301 e. The van der Waals surface area contributed by atoms with E-state index in [-0.39, 0.29) is 27.0 Å². The summed E-state index contributed by atoms with van der Waals surface area (Å²) in [5.41, 5.74) is 0.411. The first-order valence-corrected chi connectivity index (χ1v) is 9.48. The summed E-state index contributed by atoms with van der Waals surface area (Å²) in [7, 11) is 0. The van der Waals surface area contributed by atoms with Crippen LogP contribution in [-0.4, -0.2) is 22.0 Å². The van der Waals surface area contributed by atoms with Gasteiger partial charge in [-0.25, -0.2) is 4.39 Å². The summed E-state index contributed by atoms with van der Waals surface area (Å²) in [5.74, 6) is -2.25. The molecule has 1 aromatic heterocycles. The summed E-state index contributed by atoms with van der Waals surface area (Å²) in [5, 5.41) is 15.2. The normalized spacial score (nSPS) is 18.3. The van der Waals surface area contributed by atoms with Gasteiger partial charge in [0.05, 0.1) is 21.7 Å². The molecular weight excluding hydrogens is 434 g/mol. The minimum Gasteiger partial charge on any atom is -0.507 e. The fourth-order valence-corrected chi connectivity index (χ4v) is 3.60. The van der Waals surface area contributed by atoms with Crippen LogP contribution in [0.25, 0.3) is 5.76 Å². The molecule has 0 spiro atoms. The lowest BCUT2D eigenvalue weighted by Gasteiger charge is -2.23. The molecule has 0 saturated carbocycles. The van der Waals surface area contributed by atoms with Gasteiger partial charge >= 0.3 is 5.91 Å². The van der Waals surface area contributed by atoms with Crippen LogP contribution in [0, 0.1) is 12.7 Å². The number of aliphatic hydroxyl groups is 1. The fourth-order valence-electron chi connectivity index (χ4n) is 3.30. The molecule has 0 radical (unpaired) electrons. The van der Waals surface area contributed by atoms with Crippen molar-refractivity contribution >= 4 is 46.5 Å². The average molecular weight is 447 g/mol. The third kappa shape index (κ3) is 3.36. The summed E-state index contributed by atoms with van der Waals surface area (Å²) in [6.07, 6.45) is 0. The lowest BCUT2D eigenvalue weighted by molar-refractivity contribution is -0.132. The number of ketones is 1. The Balaban J connectivity index is 1.96. The van der Waals surface area contributed by atoms with Gasteiger partial charge in [0.25, 0.3) is 5.78 Å². The molecule has 2 heterocycles. The molecule has 1 saturated heterocycles. The molecule has 0 unspecified atom stereocenters. The van der Waals surface area contributed by atoms with Crippen molar-refractivity contribution in [1.29, 1.82) is 0 Å². The zero-order valence-electron chi connectivity index (χ0n) is 15.4. The van der Waals surface area contributed by atoms with Crippen molar-refractivity contribution in [2.75, 3.05) is 4.90 Å². The van der Waals surface area contributed by atoms with E-state index in [0.29, 0.717) is 11.3 Å². The molecule has 4 rings (SSSR count). The summed E-state index contributed by atoms with van der Waals surface area (Å²) in [6.45, 7) is 1.64. The molecular formula is C21H13Cl2FN2O4. The van der Waals surface area contributed by atoms with Crippen molar-refractivity contribution < 1.29 is 23.6 Å². The van der Waals surface area contributed by atoms with E-state index in [1.54, 1.807) is 13.0 Å². The number of benzene rings is 2. The highest BCUT2D eigenvalue weighted by molar-refractivity contribution is 6.51. The zero-order valence-corrected chi connectivity index (χ0v) is 16.9. The Kier molecular flexibility index (Phi) is 5.09. The molecule has 1 amide bonds. The predicted molar refractivity (Wildman–Crippen MR) is 109 cm³/mol. The molecule has 30 heavy (non-hydrogen) atoms. The number of aryl methyl sites for hydroxylation is 1. The van der Waals surface area contributed by atoms with Gasteiger partial charge in [0.15, 0.2) is 5.82 Å². The number of nitrogens with zero attached hydrogens (tertiary/aromatic N) is 2. The van der Waals surface area contributed by atoms with Crippen LogP contribution in [0.2, 0.25) is 10.0 Å². The fraction of sp³-hybridized carbons (Fsp3) is 0.0952. The van der Waals surface area contributed by atoms with Crippen molar-refractivity contribution in [3.8, 4) is 0 Å². The van der Waals surface area contributed by atoms with Crippen molar-refractivity contribution in [3.05, 3.63) is 86.9 Å². The van der Waals surface area contributed by atoms with E-state index >= 15 is 0 Å². The maximum absolute atomic E-state index is 13.3. The van der Waals surface area contributed by atoms with Gasteiger partial charge < -0.3 is 9.63 Å². The van der Waals surface area contributed by atoms with E-state index < -0.39 is 29.3 Å². The van der Waals surface area contributed by atoms with Crippen LogP contribution in [0.15, 0.2) is 58.6 Å². The minimum absolute atomic E-state index is 0.101. The Morgan fingerprint density at radius 3 is 2.40 bits per heavy atom. The highest BCUT2D eigenvalue weighted by Gasteiger charge is 2.48. The Bertz CT molecular complexity index is 1200. The molecule has 1 aliphatic rings. The Hall–Kier alpha value is -3.16. The minimum atomic E-state index is -1.05. The molecule has 152 valence electrons. The van der Waals surface area contributed by atoms with E-state index in [1.807, 2.05) is 0 Å². The second kappa shape index (κ2) is 7.59. The second-order valence-electron chi connectivity index (χ2n) is 6.65. The van der Waals surface area contributed by atoms with E-state index in [1.165, 1.54) is 30.3 Å². The molecule has 1 aliphatic heterocycles. The molecule has 1 atom stereocenters. The standard InChI is InChI=1S/C21H13Cl2FN2O4/c1-10-8-16(25-30-10)26-18(12-4-7-14(22)15(23)9-12)17(20(28)21(26)29)19(27)11-2-5-13(24)6-3-11/h2-9,18,27H,1H3/t18-/m0/s1. The first kappa shape index (κ1) is 20.1. The Labute approximate surface area is 180 Å². The van der Waals surface area contributed by atoms with Gasteiger partial charge in [0.1, 0.15) is 17.3 Å². The number of aliphatic hydroxyl groups excluding tert-OH is 1. The highest BCUT2D eigenvalue weighted by Crippen LogP contribution is 2.43. The maximum atomic E-state index is 13.3. The molecule has 9 heteroatoms. The van der Waals surface area contributed by atoms with Gasteiger partial charge in [-0.05, 0) is 48.9 Å². The molecule has 0 aliphatic carbocycles. The lowest BCUT2D eigenvalue weighted by atomic mass is 9.95. The molecule has 1 fully saturated rings. The number of rotatable bonds is 3. The number of hydrogen-bond acceptors (Lipinski definition) is 5. The molecule has 0 bridgehead atoms. The number of hydrogen-bond donors (Lipinski definition) is 1. The molecule has 1 N–H and O–H groups in total. The summed E-state index contributed by atoms with van der Waals surface area (Å²) >= 11 is 12.2. The first-order valence-electron chi connectivity index (χ1n) is 8.73. The summed E-state index contributed by atoms with van der Waals surface area (Å²) in [4.78, 5) is 26.9. The van der Waals surface area contributed by atoms with Gasteiger partial charge in [-0.2, -0.15) is 0 Å². The Morgan fingerprint density at radius 1 is 1.10 bits per heavy atom. The monoisotopic (exact) mass is 446 g/mol. The number of carbonyl (C=O) groups is 2. The number of halogens is 3. The smallest absolute Gasteiger partial charge is 0.301 e. The van der Waals surface area contributed by atoms with E-state index in [2.05, 4.69) is 5.16 Å². The first-order chi connectivity index (χ1) is 14.3. The second-order valence-corrected chi connectivity index (χ2v) is 7.46. The molecule has 3 aromatic rings. The zero-order chi connectivity index (χ0) is 21.6. The van der Waals surface area contributed by atoms with Gasteiger partial charge in [-0.1, -0.05) is 34.4 Å². The van der Waals surface area contributed by atoms with Crippen LogP contribution in [0.3, 0.4) is 0 Å². The number of Topliss-reactive ketones (excluding diaryl/α,β-unsaturated/α-hetero) is 1. The Morgan fingerprint density at radius 2 is 1.80 bits per heavy atom. The van der Waals surface area contributed by atoms with E-state index in [0.717, 1.165) is 17.0 Å². The average Bonchev–Trinajstić information content (AvgIpc) is 3.25. The summed E-state index contributed by atoms with van der Waals surface area (Å²) < 4.78 is 18.4. The van der Waals surface area contributed by atoms with Crippen LogP contribution in [0.1, 0.15) is 22.9 Å². The topological polar surface area (TPSA) is 83.6 Å². The van der Waals surface area contributed by atoms with Crippen molar-refractivity contribution in [3.63, 3.8) is 0 Å². The predicted octanol–water partition coefficient (Wildman–Crippen LogP) is 5.06. The van der Waals surface area contributed by atoms with Crippen LogP contribution in [0.4, 0.5) is 10.2 Å². The van der Waals surface area contributed by atoms with Crippen LogP contribution >= 0.6 is 23.2 Å². The SMILES string of the molecule is Cc1cc(N2C(=O)C(=O)C(=C(O)c3ccc(F)cc3)[C@@H]2c2ccc(Cl)c(Cl)c2)no1. The van der Waals surface area contributed by atoms with Crippen LogP contribution in [0.5, 0.6) is 0 Å². The van der Waals surface area contributed by atoms with Gasteiger partial charge in [0.2, 0.25) is 0 Å². The van der Waals surface area contributed by atoms with Gasteiger partial charge in [-0.3, -0.25) is 14.5 Å². The van der Waals surface area contributed by atoms with Crippen molar-refractivity contribution in [2.24, 2.45) is 0 Å². The number of amides is 1. The lowest BCUT2D eigenvalue weighted by Crippen LogP contribution is -2.29. The highest BCUT2D eigenvalue weighted by atomic mass is 35.5. The van der Waals surface area contributed by atoms with Crippen LogP contribution in [-0.2, 0) is 9.59 Å². The third-order valence-corrected chi connectivity index (χ3v) is 5.42. The van der Waals surface area contributed by atoms with Crippen molar-refractivity contribution in [2.45, 2.75) is 13.0 Å². The number of anilines is 1. The third-order valence-electron chi connectivity index (χ3n) is 4.68. The van der Waals surface area contributed by atoms with Crippen molar-refractivity contribution in [1.82, 2.24) is 5.16 Å². The van der Waals surface area contributed by atoms with Gasteiger partial charge in [0, 0.05) is 11.6 Å². The van der Waals surface area contributed by atoms with Gasteiger partial charge in [-0.15, -0.1) is 0 Å². The molecule has 6 nitrogen and oxygen atoms in total. The number of aromatic nitrogens is 1.